The molecule has 0 bridgehead atoms. The first-order valence-corrected chi connectivity index (χ1v) is 10.4. The van der Waals surface area contributed by atoms with E-state index >= 15 is 0 Å². The summed E-state index contributed by atoms with van der Waals surface area (Å²) in [5.41, 5.74) is 1.57. The maximum Gasteiger partial charge on any atom is 0.242 e. The van der Waals surface area contributed by atoms with E-state index in [1.165, 1.54) is 0 Å². The summed E-state index contributed by atoms with van der Waals surface area (Å²) in [5.74, 6) is 0.729. The third kappa shape index (κ3) is 4.61. The van der Waals surface area contributed by atoms with Crippen LogP contribution in [0.4, 0.5) is 5.69 Å². The Kier molecular flexibility index (Phi) is 6.16. The number of fused-ring (bicyclic) bond motifs is 1. The number of methoxy groups -OCH3 is 1. The minimum atomic E-state index is -0.735. The maximum atomic E-state index is 12.7. The summed E-state index contributed by atoms with van der Waals surface area (Å²) < 4.78 is 15.7. The SMILES string of the molecule is COc1ccc(N2CC(C(=O)N[C@@H](C)C(=O)NCc3ccc4c(c3)OCO4)CC2=O)cc1. The van der Waals surface area contributed by atoms with Crippen LogP contribution in [0.25, 0.3) is 0 Å². The van der Waals surface area contributed by atoms with Gasteiger partial charge in [0.15, 0.2) is 11.5 Å². The number of anilines is 1. The van der Waals surface area contributed by atoms with E-state index in [-0.39, 0.29) is 37.5 Å². The number of benzene rings is 2. The average molecular weight is 439 g/mol. The zero-order valence-corrected chi connectivity index (χ0v) is 17.9. The number of hydrogen-bond donors (Lipinski definition) is 2. The molecule has 168 valence electrons. The second kappa shape index (κ2) is 9.17. The second-order valence-corrected chi connectivity index (χ2v) is 7.74. The van der Waals surface area contributed by atoms with Crippen LogP contribution >= 0.6 is 0 Å². The largest absolute Gasteiger partial charge is 0.497 e. The van der Waals surface area contributed by atoms with Gasteiger partial charge in [0.25, 0.3) is 0 Å². The molecule has 1 saturated heterocycles. The quantitative estimate of drug-likeness (QED) is 0.679. The molecule has 2 aliphatic rings. The number of hydrogen-bond acceptors (Lipinski definition) is 6. The summed E-state index contributed by atoms with van der Waals surface area (Å²) in [6.45, 7) is 2.37. The number of ether oxygens (including phenoxy) is 3. The second-order valence-electron chi connectivity index (χ2n) is 7.74. The van der Waals surface area contributed by atoms with Crippen molar-refractivity contribution in [3.8, 4) is 17.2 Å². The molecule has 2 aliphatic heterocycles. The molecule has 0 aromatic heterocycles. The lowest BCUT2D eigenvalue weighted by Gasteiger charge is -2.18. The molecule has 2 aromatic rings. The molecule has 2 atom stereocenters. The summed E-state index contributed by atoms with van der Waals surface area (Å²) in [7, 11) is 1.57. The van der Waals surface area contributed by atoms with Crippen molar-refractivity contribution in [3.63, 3.8) is 0 Å². The highest BCUT2D eigenvalue weighted by atomic mass is 16.7. The Morgan fingerprint density at radius 3 is 2.66 bits per heavy atom. The Hall–Kier alpha value is -3.75. The summed E-state index contributed by atoms with van der Waals surface area (Å²) >= 11 is 0. The van der Waals surface area contributed by atoms with Crippen molar-refractivity contribution in [1.82, 2.24) is 10.6 Å². The van der Waals surface area contributed by atoms with Gasteiger partial charge >= 0.3 is 0 Å². The van der Waals surface area contributed by atoms with Gasteiger partial charge in [-0.25, -0.2) is 0 Å². The van der Waals surface area contributed by atoms with Crippen molar-refractivity contribution in [2.24, 2.45) is 5.92 Å². The van der Waals surface area contributed by atoms with Crippen molar-refractivity contribution in [3.05, 3.63) is 48.0 Å². The minimum Gasteiger partial charge on any atom is -0.497 e. The lowest BCUT2D eigenvalue weighted by molar-refractivity contribution is -0.131. The molecule has 0 spiro atoms. The van der Waals surface area contributed by atoms with E-state index < -0.39 is 12.0 Å². The molecule has 0 aliphatic carbocycles. The predicted octanol–water partition coefficient (Wildman–Crippen LogP) is 1.60. The highest BCUT2D eigenvalue weighted by Crippen LogP contribution is 2.32. The molecule has 0 radical (unpaired) electrons. The van der Waals surface area contributed by atoms with E-state index in [0.717, 1.165) is 5.56 Å². The Morgan fingerprint density at radius 2 is 1.91 bits per heavy atom. The number of nitrogens with zero attached hydrogens (tertiary/aromatic N) is 1. The summed E-state index contributed by atoms with van der Waals surface area (Å²) in [4.78, 5) is 39.1. The highest BCUT2D eigenvalue weighted by molar-refractivity contribution is 6.01. The van der Waals surface area contributed by atoms with E-state index in [0.29, 0.717) is 29.5 Å². The average Bonchev–Trinajstić information content (AvgIpc) is 3.43. The van der Waals surface area contributed by atoms with Crippen LogP contribution in [0, 0.1) is 5.92 Å². The fraction of sp³-hybridized carbons (Fsp3) is 0.348. The summed E-state index contributed by atoms with van der Waals surface area (Å²) in [6, 6.07) is 11.8. The van der Waals surface area contributed by atoms with Crippen molar-refractivity contribution in [1.29, 1.82) is 0 Å². The van der Waals surface area contributed by atoms with Crippen LogP contribution in [0.15, 0.2) is 42.5 Å². The first-order chi connectivity index (χ1) is 15.4. The lowest BCUT2D eigenvalue weighted by Crippen LogP contribution is -2.46. The molecule has 3 amide bonds. The van der Waals surface area contributed by atoms with Gasteiger partial charge in [0.05, 0.1) is 13.0 Å². The molecule has 1 fully saturated rings. The Labute approximate surface area is 185 Å². The fourth-order valence-corrected chi connectivity index (χ4v) is 3.68. The summed E-state index contributed by atoms with van der Waals surface area (Å²) in [5, 5.41) is 5.52. The number of nitrogens with one attached hydrogen (secondary N) is 2. The molecule has 9 heteroatoms. The predicted molar refractivity (Wildman–Crippen MR) is 115 cm³/mol. The van der Waals surface area contributed by atoms with Crippen LogP contribution in [0.5, 0.6) is 17.2 Å². The van der Waals surface area contributed by atoms with Gasteiger partial charge in [-0.3, -0.25) is 14.4 Å². The molecule has 9 nitrogen and oxygen atoms in total. The van der Waals surface area contributed by atoms with E-state index in [2.05, 4.69) is 10.6 Å². The molecule has 32 heavy (non-hydrogen) atoms. The van der Waals surface area contributed by atoms with Crippen molar-refractivity contribution in [2.75, 3.05) is 25.3 Å². The van der Waals surface area contributed by atoms with Gasteiger partial charge < -0.3 is 29.7 Å². The monoisotopic (exact) mass is 439 g/mol. The molecule has 0 saturated carbocycles. The fourth-order valence-electron chi connectivity index (χ4n) is 3.68. The van der Waals surface area contributed by atoms with E-state index in [1.807, 2.05) is 12.1 Å². The van der Waals surface area contributed by atoms with Gasteiger partial charge in [0.1, 0.15) is 11.8 Å². The van der Waals surface area contributed by atoms with Gasteiger partial charge in [-0.05, 0) is 48.9 Å². The van der Waals surface area contributed by atoms with Crippen molar-refractivity contribution in [2.45, 2.75) is 25.9 Å². The molecule has 2 aromatic carbocycles. The van der Waals surface area contributed by atoms with Crippen LogP contribution in [0.3, 0.4) is 0 Å². The zero-order chi connectivity index (χ0) is 22.7. The van der Waals surface area contributed by atoms with Gasteiger partial charge in [-0.2, -0.15) is 0 Å². The van der Waals surface area contributed by atoms with E-state index in [4.69, 9.17) is 14.2 Å². The number of rotatable bonds is 7. The Morgan fingerprint density at radius 1 is 1.16 bits per heavy atom. The van der Waals surface area contributed by atoms with Crippen LogP contribution in [0.2, 0.25) is 0 Å². The Bertz CT molecular complexity index is 1020. The van der Waals surface area contributed by atoms with E-state index in [9.17, 15) is 14.4 Å². The maximum absolute atomic E-state index is 12.7. The normalized spacial score (nSPS) is 17.8. The van der Waals surface area contributed by atoms with Gasteiger partial charge in [0, 0.05) is 25.2 Å². The third-order valence-corrected chi connectivity index (χ3v) is 5.54. The third-order valence-electron chi connectivity index (χ3n) is 5.54. The first kappa shape index (κ1) is 21.5. The van der Waals surface area contributed by atoms with Gasteiger partial charge in [-0.15, -0.1) is 0 Å². The van der Waals surface area contributed by atoms with Crippen molar-refractivity contribution < 1.29 is 28.6 Å². The molecular weight excluding hydrogens is 414 g/mol. The number of amides is 3. The van der Waals surface area contributed by atoms with Gasteiger partial charge in [-0.1, -0.05) is 6.07 Å². The molecule has 1 unspecified atom stereocenters. The topological polar surface area (TPSA) is 106 Å². The van der Waals surface area contributed by atoms with E-state index in [1.54, 1.807) is 49.3 Å². The van der Waals surface area contributed by atoms with Crippen LogP contribution in [0.1, 0.15) is 18.9 Å². The molecule has 2 N–H and O–H groups in total. The van der Waals surface area contributed by atoms with Gasteiger partial charge in [0.2, 0.25) is 24.5 Å². The molecule has 2 heterocycles. The van der Waals surface area contributed by atoms with Crippen LogP contribution < -0.4 is 29.7 Å². The lowest BCUT2D eigenvalue weighted by atomic mass is 10.1. The smallest absolute Gasteiger partial charge is 0.242 e. The first-order valence-electron chi connectivity index (χ1n) is 10.4. The van der Waals surface area contributed by atoms with Crippen LogP contribution in [-0.2, 0) is 20.9 Å². The Balaban J connectivity index is 1.28. The number of carbonyl (C=O) groups excluding carboxylic acids is 3. The summed E-state index contributed by atoms with van der Waals surface area (Å²) in [6.07, 6.45) is 0.101. The minimum absolute atomic E-state index is 0.101. The highest BCUT2D eigenvalue weighted by Gasteiger charge is 2.36. The standard InChI is InChI=1S/C23H25N3O6/c1-14(22(28)24-11-15-3-8-19-20(9-15)32-13-31-19)25-23(29)16-10-21(27)26(12-16)17-4-6-18(30-2)7-5-17/h3-9,14,16H,10-13H2,1-2H3,(H,24,28)(H,25,29)/t14-,16?/m0/s1. The van der Waals surface area contributed by atoms with Crippen molar-refractivity contribution >= 4 is 23.4 Å². The molecular formula is C23H25N3O6. The molecule has 4 rings (SSSR count). The zero-order valence-electron chi connectivity index (χ0n) is 17.9. The number of carbonyl (C=O) groups is 3. The van der Waals surface area contributed by atoms with Crippen LogP contribution in [-0.4, -0.2) is 44.2 Å².